The zero-order chi connectivity index (χ0) is 7.07. The summed E-state index contributed by atoms with van der Waals surface area (Å²) < 4.78 is 0. The lowest BCUT2D eigenvalue weighted by molar-refractivity contribution is -0.109. The van der Waals surface area contributed by atoms with Crippen LogP contribution in [0.2, 0.25) is 0 Å². The molecule has 1 aliphatic rings. The van der Waals surface area contributed by atoms with Crippen LogP contribution in [0.3, 0.4) is 0 Å². The topological polar surface area (TPSA) is 17.1 Å². The molecule has 9 heavy (non-hydrogen) atoms. The van der Waals surface area contributed by atoms with Crippen molar-refractivity contribution >= 4 is 6.29 Å². The zero-order valence-electron chi connectivity index (χ0n) is 6.35. The molecule has 1 rings (SSSR count). The average molecular weight is 126 g/mol. The first-order chi connectivity index (χ1) is 4.05. The van der Waals surface area contributed by atoms with Crippen LogP contribution in [0.5, 0.6) is 0 Å². The molecular weight excluding hydrogens is 112 g/mol. The predicted molar refractivity (Wildman–Crippen MR) is 37.1 cm³/mol. The van der Waals surface area contributed by atoms with Gasteiger partial charge < -0.3 is 4.79 Å². The molecule has 0 radical (unpaired) electrons. The van der Waals surface area contributed by atoms with E-state index in [1.54, 1.807) is 0 Å². The second-order valence-corrected chi connectivity index (χ2v) is 4.01. The molecule has 0 spiro atoms. The van der Waals surface area contributed by atoms with Gasteiger partial charge in [-0.05, 0) is 17.8 Å². The van der Waals surface area contributed by atoms with E-state index in [-0.39, 0.29) is 0 Å². The van der Waals surface area contributed by atoms with Gasteiger partial charge in [0.25, 0.3) is 0 Å². The maximum absolute atomic E-state index is 10.2. The van der Waals surface area contributed by atoms with Crippen LogP contribution in [0.25, 0.3) is 0 Å². The van der Waals surface area contributed by atoms with Crippen LogP contribution in [0.15, 0.2) is 0 Å². The van der Waals surface area contributed by atoms with E-state index >= 15 is 0 Å². The molecule has 0 heterocycles. The lowest BCUT2D eigenvalue weighted by Gasteiger charge is -2.16. The van der Waals surface area contributed by atoms with Gasteiger partial charge in [-0.3, -0.25) is 0 Å². The Kier molecular flexibility index (Phi) is 1.38. The van der Waals surface area contributed by atoms with Gasteiger partial charge in [0.2, 0.25) is 0 Å². The molecule has 1 heteroatoms. The third kappa shape index (κ3) is 1.32. The summed E-state index contributed by atoms with van der Waals surface area (Å²) >= 11 is 0. The normalized spacial score (nSPS) is 34.1. The van der Waals surface area contributed by atoms with Crippen molar-refractivity contribution in [3.8, 4) is 0 Å². The highest BCUT2D eigenvalue weighted by molar-refractivity contribution is 5.58. The molecule has 0 aromatic rings. The van der Waals surface area contributed by atoms with Crippen LogP contribution in [0.4, 0.5) is 0 Å². The molecule has 0 N–H and O–H groups in total. The lowest BCUT2D eigenvalue weighted by Crippen LogP contribution is -2.09. The average Bonchev–Trinajstić information content (AvgIpc) is 2.39. The quantitative estimate of drug-likeness (QED) is 0.490. The first kappa shape index (κ1) is 6.79. The molecule has 2 atom stereocenters. The van der Waals surface area contributed by atoms with Crippen molar-refractivity contribution in [3.63, 3.8) is 0 Å². The van der Waals surface area contributed by atoms with E-state index in [9.17, 15) is 4.79 Å². The van der Waals surface area contributed by atoms with Crippen LogP contribution < -0.4 is 0 Å². The van der Waals surface area contributed by atoms with Gasteiger partial charge in [-0.15, -0.1) is 0 Å². The predicted octanol–water partition coefficient (Wildman–Crippen LogP) is 1.87. The molecule has 1 unspecified atom stereocenters. The summed E-state index contributed by atoms with van der Waals surface area (Å²) in [5.41, 5.74) is 0.353. The summed E-state index contributed by atoms with van der Waals surface area (Å²) in [6.45, 7) is 6.59. The standard InChI is InChI=1S/C8H14O/c1-8(2,3)7-4-6(7)5-9/h5-7H,4H2,1-3H3/t6?,7-/m0/s1. The molecule has 1 saturated carbocycles. The van der Waals surface area contributed by atoms with Gasteiger partial charge in [0.05, 0.1) is 0 Å². The fourth-order valence-electron chi connectivity index (χ4n) is 1.36. The molecule has 0 amide bonds. The van der Waals surface area contributed by atoms with Crippen LogP contribution in [-0.4, -0.2) is 6.29 Å². The minimum Gasteiger partial charge on any atom is -0.303 e. The fourth-order valence-corrected chi connectivity index (χ4v) is 1.36. The van der Waals surface area contributed by atoms with E-state index in [1.807, 2.05) is 0 Å². The molecule has 0 aromatic heterocycles. The van der Waals surface area contributed by atoms with E-state index in [0.29, 0.717) is 17.3 Å². The highest BCUT2D eigenvalue weighted by Crippen LogP contribution is 2.49. The van der Waals surface area contributed by atoms with Crippen LogP contribution in [-0.2, 0) is 4.79 Å². The van der Waals surface area contributed by atoms with Crippen molar-refractivity contribution in [3.05, 3.63) is 0 Å². The second-order valence-electron chi connectivity index (χ2n) is 4.01. The monoisotopic (exact) mass is 126 g/mol. The van der Waals surface area contributed by atoms with Gasteiger partial charge in [0, 0.05) is 5.92 Å². The maximum atomic E-state index is 10.2. The van der Waals surface area contributed by atoms with Crippen LogP contribution in [0.1, 0.15) is 27.2 Å². The van der Waals surface area contributed by atoms with Crippen molar-refractivity contribution in [1.82, 2.24) is 0 Å². The van der Waals surface area contributed by atoms with Crippen molar-refractivity contribution in [2.75, 3.05) is 0 Å². The van der Waals surface area contributed by atoms with Gasteiger partial charge in [0.1, 0.15) is 6.29 Å². The van der Waals surface area contributed by atoms with Gasteiger partial charge in [-0.25, -0.2) is 0 Å². The summed E-state index contributed by atoms with van der Waals surface area (Å²) in [6.07, 6.45) is 2.21. The maximum Gasteiger partial charge on any atom is 0.123 e. The number of carbonyl (C=O) groups is 1. The molecule has 0 aromatic carbocycles. The number of aldehydes is 1. The van der Waals surface area contributed by atoms with Gasteiger partial charge in [-0.1, -0.05) is 20.8 Å². The third-order valence-electron chi connectivity index (χ3n) is 2.13. The first-order valence-electron chi connectivity index (χ1n) is 3.51. The van der Waals surface area contributed by atoms with Gasteiger partial charge >= 0.3 is 0 Å². The first-order valence-corrected chi connectivity index (χ1v) is 3.51. The van der Waals surface area contributed by atoms with Gasteiger partial charge in [-0.2, -0.15) is 0 Å². The Morgan fingerprint density at radius 3 is 2.11 bits per heavy atom. The van der Waals surface area contributed by atoms with Crippen molar-refractivity contribution < 1.29 is 4.79 Å². The summed E-state index contributed by atoms with van der Waals surface area (Å²) in [5.74, 6) is 1.04. The van der Waals surface area contributed by atoms with Crippen LogP contribution in [0, 0.1) is 17.3 Å². The van der Waals surface area contributed by atoms with E-state index in [1.165, 1.54) is 0 Å². The Morgan fingerprint density at radius 1 is 1.44 bits per heavy atom. The number of carbonyl (C=O) groups excluding carboxylic acids is 1. The third-order valence-corrected chi connectivity index (χ3v) is 2.13. The molecule has 0 saturated heterocycles. The van der Waals surface area contributed by atoms with Crippen molar-refractivity contribution in [1.29, 1.82) is 0 Å². The zero-order valence-corrected chi connectivity index (χ0v) is 6.35. The molecule has 52 valence electrons. The molecule has 0 bridgehead atoms. The Labute approximate surface area is 56.4 Å². The van der Waals surface area contributed by atoms with Crippen molar-refractivity contribution in [2.24, 2.45) is 17.3 Å². The highest BCUT2D eigenvalue weighted by Gasteiger charge is 2.44. The number of hydrogen-bond acceptors (Lipinski definition) is 1. The Morgan fingerprint density at radius 2 is 2.00 bits per heavy atom. The molecule has 1 aliphatic carbocycles. The molecule has 1 nitrogen and oxygen atoms in total. The SMILES string of the molecule is CC(C)(C)[C@H]1CC1C=O. The van der Waals surface area contributed by atoms with Gasteiger partial charge in [0.15, 0.2) is 0 Å². The van der Waals surface area contributed by atoms with E-state index < -0.39 is 0 Å². The Balaban J connectivity index is 2.42. The van der Waals surface area contributed by atoms with E-state index in [0.717, 1.165) is 12.7 Å². The van der Waals surface area contributed by atoms with Crippen LogP contribution >= 0.6 is 0 Å². The number of rotatable bonds is 1. The lowest BCUT2D eigenvalue weighted by atomic mass is 9.89. The Hall–Kier alpha value is -0.330. The number of hydrogen-bond donors (Lipinski definition) is 0. The minimum absolute atomic E-state index is 0.353. The fraction of sp³-hybridized carbons (Fsp3) is 0.875. The summed E-state index contributed by atoms with van der Waals surface area (Å²) in [4.78, 5) is 10.2. The highest BCUT2D eigenvalue weighted by atomic mass is 16.1. The molecular formula is C8H14O. The molecule has 0 aliphatic heterocycles. The van der Waals surface area contributed by atoms with E-state index in [2.05, 4.69) is 20.8 Å². The summed E-state index contributed by atoms with van der Waals surface area (Å²) in [6, 6.07) is 0. The van der Waals surface area contributed by atoms with E-state index in [4.69, 9.17) is 0 Å². The summed E-state index contributed by atoms with van der Waals surface area (Å²) in [7, 11) is 0. The molecule has 1 fully saturated rings. The second kappa shape index (κ2) is 1.83. The van der Waals surface area contributed by atoms with Crippen molar-refractivity contribution in [2.45, 2.75) is 27.2 Å². The smallest absolute Gasteiger partial charge is 0.123 e. The Bertz CT molecular complexity index is 121. The summed E-state index contributed by atoms with van der Waals surface area (Å²) in [5, 5.41) is 0. The largest absolute Gasteiger partial charge is 0.303 e. The minimum atomic E-state index is 0.353.